The Morgan fingerprint density at radius 1 is 1.50 bits per heavy atom. The van der Waals surface area contributed by atoms with E-state index in [1.54, 1.807) is 0 Å². The molecule has 0 aliphatic rings. The summed E-state index contributed by atoms with van der Waals surface area (Å²) >= 11 is 0. The molecular formula is C13H17Re-. The van der Waals surface area contributed by atoms with E-state index in [0.29, 0.717) is 5.92 Å². The normalized spacial score (nSPS) is 12.5. The van der Waals surface area contributed by atoms with E-state index in [9.17, 15) is 0 Å². The SMILES string of the molecule is CCC(C)/C=C/c1cc[c-]c(C)c1.[Re]. The van der Waals surface area contributed by atoms with Gasteiger partial charge in [-0.2, -0.15) is 29.8 Å². The molecule has 0 aliphatic heterocycles. The molecule has 0 aromatic heterocycles. The molecule has 0 amide bonds. The van der Waals surface area contributed by atoms with Gasteiger partial charge in [0.25, 0.3) is 0 Å². The number of aryl methyl sites for hydroxylation is 1. The Bertz CT molecular complexity index is 289. The van der Waals surface area contributed by atoms with Crippen LogP contribution >= 0.6 is 0 Å². The van der Waals surface area contributed by atoms with E-state index in [4.69, 9.17) is 0 Å². The van der Waals surface area contributed by atoms with Crippen LogP contribution in [0.4, 0.5) is 0 Å². The van der Waals surface area contributed by atoms with Gasteiger partial charge in [-0.3, -0.25) is 0 Å². The molecule has 0 fully saturated rings. The Morgan fingerprint density at radius 3 is 2.79 bits per heavy atom. The molecule has 77 valence electrons. The standard InChI is InChI=1S/C13H17.Re/c1-4-11(2)8-9-13-7-5-6-12(3)10-13;/h5,7-11H,4H2,1-3H3;/q-1;/b9-8+;. The molecule has 1 radical (unpaired) electrons. The van der Waals surface area contributed by atoms with Gasteiger partial charge < -0.3 is 0 Å². The average molecular weight is 359 g/mol. The smallest absolute Gasteiger partial charge is 0 e. The van der Waals surface area contributed by atoms with Crippen molar-refractivity contribution in [2.24, 2.45) is 5.92 Å². The fourth-order valence-corrected chi connectivity index (χ4v) is 1.12. The Balaban J connectivity index is 0.00000169. The van der Waals surface area contributed by atoms with Crippen molar-refractivity contribution < 1.29 is 20.4 Å². The summed E-state index contributed by atoms with van der Waals surface area (Å²) in [5, 5.41) is 0. The summed E-state index contributed by atoms with van der Waals surface area (Å²) in [5.41, 5.74) is 2.47. The molecule has 0 bridgehead atoms. The predicted octanol–water partition coefficient (Wildman–Crippen LogP) is 3.85. The zero-order valence-corrected chi connectivity index (χ0v) is 11.8. The number of hydrogen-bond acceptors (Lipinski definition) is 0. The predicted molar refractivity (Wildman–Crippen MR) is 58.5 cm³/mol. The summed E-state index contributed by atoms with van der Waals surface area (Å²) < 4.78 is 0. The Hall–Kier alpha value is -0.378. The van der Waals surface area contributed by atoms with Crippen LogP contribution in [0.5, 0.6) is 0 Å². The van der Waals surface area contributed by atoms with Crippen molar-refractivity contribution in [2.45, 2.75) is 27.2 Å². The Labute approximate surface area is 101 Å². The van der Waals surface area contributed by atoms with Crippen molar-refractivity contribution in [3.63, 3.8) is 0 Å². The molecule has 0 N–H and O–H groups in total. The summed E-state index contributed by atoms with van der Waals surface area (Å²) in [6, 6.07) is 9.36. The quantitative estimate of drug-likeness (QED) is 0.719. The molecule has 0 saturated carbocycles. The van der Waals surface area contributed by atoms with Gasteiger partial charge in [0.2, 0.25) is 0 Å². The third-order valence-electron chi connectivity index (χ3n) is 2.23. The van der Waals surface area contributed by atoms with Gasteiger partial charge in [-0.25, -0.2) is 0 Å². The van der Waals surface area contributed by atoms with E-state index in [1.165, 1.54) is 17.5 Å². The zero-order chi connectivity index (χ0) is 9.68. The first-order valence-corrected chi connectivity index (χ1v) is 4.89. The van der Waals surface area contributed by atoms with Gasteiger partial charge >= 0.3 is 0 Å². The minimum absolute atomic E-state index is 0. The molecule has 1 aromatic rings. The molecule has 0 nitrogen and oxygen atoms in total. The fourth-order valence-electron chi connectivity index (χ4n) is 1.12. The second kappa shape index (κ2) is 6.99. The van der Waals surface area contributed by atoms with Crippen LogP contribution in [0.2, 0.25) is 0 Å². The zero-order valence-electron chi connectivity index (χ0n) is 9.05. The molecule has 0 heterocycles. The van der Waals surface area contributed by atoms with Crippen LogP contribution in [0.1, 0.15) is 31.4 Å². The number of rotatable bonds is 3. The number of benzene rings is 1. The van der Waals surface area contributed by atoms with Crippen LogP contribution in [0.15, 0.2) is 24.3 Å². The maximum atomic E-state index is 3.14. The van der Waals surface area contributed by atoms with Crippen LogP contribution in [-0.2, 0) is 20.4 Å². The first kappa shape index (κ1) is 13.6. The monoisotopic (exact) mass is 360 g/mol. The van der Waals surface area contributed by atoms with Crippen molar-refractivity contribution in [2.75, 3.05) is 0 Å². The molecular weight excluding hydrogens is 342 g/mol. The second-order valence-electron chi connectivity index (χ2n) is 3.55. The second-order valence-corrected chi connectivity index (χ2v) is 3.55. The molecule has 0 aliphatic carbocycles. The topological polar surface area (TPSA) is 0 Å². The minimum atomic E-state index is 0. The van der Waals surface area contributed by atoms with Crippen molar-refractivity contribution in [1.82, 2.24) is 0 Å². The first-order valence-electron chi connectivity index (χ1n) is 4.89. The van der Waals surface area contributed by atoms with Gasteiger partial charge in [-0.1, -0.05) is 39.3 Å². The van der Waals surface area contributed by atoms with Crippen molar-refractivity contribution in [3.05, 3.63) is 41.5 Å². The van der Waals surface area contributed by atoms with Crippen LogP contribution in [0.3, 0.4) is 0 Å². The molecule has 0 spiro atoms. The molecule has 0 saturated heterocycles. The van der Waals surface area contributed by atoms with Gasteiger partial charge in [-0.15, -0.1) is 5.56 Å². The van der Waals surface area contributed by atoms with E-state index in [0.717, 1.165) is 0 Å². The van der Waals surface area contributed by atoms with Gasteiger partial charge in [-0.05, 0) is 5.92 Å². The van der Waals surface area contributed by atoms with Crippen LogP contribution < -0.4 is 0 Å². The molecule has 1 aromatic carbocycles. The summed E-state index contributed by atoms with van der Waals surface area (Å²) in [6.07, 6.45) is 5.65. The maximum absolute atomic E-state index is 3.14. The average Bonchev–Trinajstić information content (AvgIpc) is 2.14. The molecule has 1 rings (SSSR count). The number of allylic oxidation sites excluding steroid dienone is 1. The molecule has 14 heavy (non-hydrogen) atoms. The molecule has 1 unspecified atom stereocenters. The number of hydrogen-bond donors (Lipinski definition) is 0. The fraction of sp³-hybridized carbons (Fsp3) is 0.385. The third kappa shape index (κ3) is 4.75. The Kier molecular flexibility index (Phi) is 6.80. The van der Waals surface area contributed by atoms with Gasteiger partial charge in [0.05, 0.1) is 0 Å². The van der Waals surface area contributed by atoms with Crippen molar-refractivity contribution >= 4 is 6.08 Å². The van der Waals surface area contributed by atoms with Gasteiger partial charge in [0, 0.05) is 20.4 Å². The van der Waals surface area contributed by atoms with E-state index in [-0.39, 0.29) is 20.4 Å². The molecule has 1 atom stereocenters. The Morgan fingerprint density at radius 2 is 2.21 bits per heavy atom. The largest absolute Gasteiger partial charge is 0.181 e. The summed E-state index contributed by atoms with van der Waals surface area (Å²) in [4.78, 5) is 0. The van der Waals surface area contributed by atoms with Gasteiger partial charge in [0.1, 0.15) is 0 Å². The van der Waals surface area contributed by atoms with E-state index in [2.05, 4.69) is 51.1 Å². The third-order valence-corrected chi connectivity index (χ3v) is 2.23. The maximum Gasteiger partial charge on any atom is 0 e. The van der Waals surface area contributed by atoms with E-state index < -0.39 is 0 Å². The van der Waals surface area contributed by atoms with Crippen LogP contribution in [0.25, 0.3) is 6.08 Å². The van der Waals surface area contributed by atoms with Crippen LogP contribution in [0, 0.1) is 18.9 Å². The summed E-state index contributed by atoms with van der Waals surface area (Å²) in [5.74, 6) is 0.671. The van der Waals surface area contributed by atoms with Crippen molar-refractivity contribution in [3.8, 4) is 0 Å². The van der Waals surface area contributed by atoms with Crippen LogP contribution in [-0.4, -0.2) is 0 Å². The first-order chi connectivity index (χ1) is 6.22. The summed E-state index contributed by atoms with van der Waals surface area (Å²) in [6.45, 7) is 6.51. The van der Waals surface area contributed by atoms with Gasteiger partial charge in [0.15, 0.2) is 0 Å². The van der Waals surface area contributed by atoms with E-state index in [1.807, 2.05) is 6.07 Å². The summed E-state index contributed by atoms with van der Waals surface area (Å²) in [7, 11) is 0. The van der Waals surface area contributed by atoms with E-state index >= 15 is 0 Å². The minimum Gasteiger partial charge on any atom is -0.181 e. The van der Waals surface area contributed by atoms with Crippen molar-refractivity contribution in [1.29, 1.82) is 0 Å². The molecule has 1 heteroatoms.